The molecule has 0 saturated heterocycles. The molecule has 1 atom stereocenters. The van der Waals surface area contributed by atoms with Crippen molar-refractivity contribution < 1.29 is 4.74 Å². The smallest absolute Gasteiger partial charge is 0.0480 e. The third kappa shape index (κ3) is 6.62. The van der Waals surface area contributed by atoms with Gasteiger partial charge in [-0.05, 0) is 32.7 Å². The Kier molecular flexibility index (Phi) is 8.95. The van der Waals surface area contributed by atoms with Gasteiger partial charge < -0.3 is 10.1 Å². The fourth-order valence-corrected chi connectivity index (χ4v) is 1.17. The van der Waals surface area contributed by atoms with Crippen molar-refractivity contribution in [1.29, 1.82) is 0 Å². The fraction of sp³-hybridized carbons (Fsp3) is 1.00. The second-order valence-electron chi connectivity index (χ2n) is 3.04. The zero-order valence-electron chi connectivity index (χ0n) is 8.73. The lowest BCUT2D eigenvalue weighted by Crippen LogP contribution is -2.30. The third-order valence-electron chi connectivity index (χ3n) is 1.99. The van der Waals surface area contributed by atoms with Gasteiger partial charge >= 0.3 is 0 Å². The molecule has 0 radical (unpaired) electrons. The van der Waals surface area contributed by atoms with Crippen molar-refractivity contribution in [2.75, 3.05) is 19.8 Å². The molecule has 0 aromatic heterocycles. The maximum Gasteiger partial charge on any atom is 0.0480 e. The van der Waals surface area contributed by atoms with Gasteiger partial charge in [-0.2, -0.15) is 0 Å². The SMILES string of the molecule is CCCNC(CC)CCOCC. The van der Waals surface area contributed by atoms with Gasteiger partial charge in [-0.1, -0.05) is 13.8 Å². The number of hydrogen-bond acceptors (Lipinski definition) is 2. The van der Waals surface area contributed by atoms with Crippen molar-refractivity contribution in [3.63, 3.8) is 0 Å². The van der Waals surface area contributed by atoms with E-state index >= 15 is 0 Å². The minimum absolute atomic E-state index is 0.650. The zero-order valence-corrected chi connectivity index (χ0v) is 8.73. The molecule has 0 aliphatic rings. The summed E-state index contributed by atoms with van der Waals surface area (Å²) in [5, 5.41) is 3.50. The number of rotatable bonds is 8. The van der Waals surface area contributed by atoms with E-state index in [0.717, 1.165) is 26.2 Å². The Labute approximate surface area is 76.7 Å². The van der Waals surface area contributed by atoms with Gasteiger partial charge in [0.25, 0.3) is 0 Å². The first-order chi connectivity index (χ1) is 5.85. The van der Waals surface area contributed by atoms with Crippen LogP contribution in [0.4, 0.5) is 0 Å². The molecule has 0 bridgehead atoms. The normalized spacial score (nSPS) is 13.2. The molecule has 2 nitrogen and oxygen atoms in total. The van der Waals surface area contributed by atoms with Crippen LogP contribution in [0.1, 0.15) is 40.0 Å². The van der Waals surface area contributed by atoms with Gasteiger partial charge in [-0.3, -0.25) is 0 Å². The molecular weight excluding hydrogens is 150 g/mol. The highest BCUT2D eigenvalue weighted by molar-refractivity contribution is 4.63. The Bertz CT molecular complexity index is 85.9. The summed E-state index contributed by atoms with van der Waals surface area (Å²) in [6, 6.07) is 0.650. The molecule has 0 heterocycles. The standard InChI is InChI=1S/C10H23NO/c1-4-8-11-10(5-2)7-9-12-6-3/h10-11H,4-9H2,1-3H3. The van der Waals surface area contributed by atoms with Gasteiger partial charge in [-0.15, -0.1) is 0 Å². The van der Waals surface area contributed by atoms with Crippen molar-refractivity contribution in [2.24, 2.45) is 0 Å². The molecule has 0 spiro atoms. The zero-order chi connectivity index (χ0) is 9.23. The summed E-state index contributed by atoms with van der Waals surface area (Å²) in [6.45, 7) is 9.32. The summed E-state index contributed by atoms with van der Waals surface area (Å²) >= 11 is 0. The van der Waals surface area contributed by atoms with Crippen LogP contribution < -0.4 is 5.32 Å². The highest BCUT2D eigenvalue weighted by atomic mass is 16.5. The molecule has 2 heteroatoms. The highest BCUT2D eigenvalue weighted by Gasteiger charge is 2.03. The van der Waals surface area contributed by atoms with Crippen LogP contribution in [0.3, 0.4) is 0 Å². The summed E-state index contributed by atoms with van der Waals surface area (Å²) in [4.78, 5) is 0. The van der Waals surface area contributed by atoms with Gasteiger partial charge in [-0.25, -0.2) is 0 Å². The monoisotopic (exact) mass is 173 g/mol. The molecule has 1 unspecified atom stereocenters. The lowest BCUT2D eigenvalue weighted by Gasteiger charge is -2.15. The van der Waals surface area contributed by atoms with Gasteiger partial charge in [0.1, 0.15) is 0 Å². The minimum atomic E-state index is 0.650. The van der Waals surface area contributed by atoms with Gasteiger partial charge in [0.05, 0.1) is 0 Å². The maximum absolute atomic E-state index is 5.31. The van der Waals surface area contributed by atoms with E-state index in [9.17, 15) is 0 Å². The molecule has 0 aromatic rings. The second kappa shape index (κ2) is 9.01. The predicted molar refractivity (Wildman–Crippen MR) is 53.5 cm³/mol. The summed E-state index contributed by atoms with van der Waals surface area (Å²) in [7, 11) is 0. The molecule has 1 N–H and O–H groups in total. The van der Waals surface area contributed by atoms with Crippen LogP contribution in [0.25, 0.3) is 0 Å². The van der Waals surface area contributed by atoms with Crippen LogP contribution >= 0.6 is 0 Å². The Morgan fingerprint density at radius 2 is 2.00 bits per heavy atom. The second-order valence-corrected chi connectivity index (χ2v) is 3.04. The third-order valence-corrected chi connectivity index (χ3v) is 1.99. The number of hydrogen-bond donors (Lipinski definition) is 1. The van der Waals surface area contributed by atoms with E-state index in [4.69, 9.17) is 4.74 Å². The Morgan fingerprint density at radius 1 is 1.25 bits per heavy atom. The van der Waals surface area contributed by atoms with Gasteiger partial charge in [0, 0.05) is 19.3 Å². The van der Waals surface area contributed by atoms with Gasteiger partial charge in [0.15, 0.2) is 0 Å². The van der Waals surface area contributed by atoms with Gasteiger partial charge in [0.2, 0.25) is 0 Å². The average molecular weight is 173 g/mol. The topological polar surface area (TPSA) is 21.3 Å². The highest BCUT2D eigenvalue weighted by Crippen LogP contribution is 1.97. The summed E-state index contributed by atoms with van der Waals surface area (Å²) in [5.41, 5.74) is 0. The Balaban J connectivity index is 3.26. The van der Waals surface area contributed by atoms with Crippen molar-refractivity contribution >= 4 is 0 Å². The molecule has 0 saturated carbocycles. The Hall–Kier alpha value is -0.0800. The molecule has 0 aliphatic carbocycles. The first-order valence-corrected chi connectivity index (χ1v) is 5.16. The van der Waals surface area contributed by atoms with Crippen molar-refractivity contribution in [3.05, 3.63) is 0 Å². The Morgan fingerprint density at radius 3 is 2.50 bits per heavy atom. The van der Waals surface area contributed by atoms with E-state index in [1.807, 2.05) is 6.92 Å². The molecule has 12 heavy (non-hydrogen) atoms. The predicted octanol–water partition coefficient (Wildman–Crippen LogP) is 2.19. The molecule has 0 aromatic carbocycles. The van der Waals surface area contributed by atoms with Crippen LogP contribution in [0.5, 0.6) is 0 Å². The minimum Gasteiger partial charge on any atom is -0.382 e. The van der Waals surface area contributed by atoms with Crippen molar-refractivity contribution in [1.82, 2.24) is 5.32 Å². The average Bonchev–Trinajstić information content (AvgIpc) is 2.11. The lowest BCUT2D eigenvalue weighted by molar-refractivity contribution is 0.136. The molecule has 0 amide bonds. The van der Waals surface area contributed by atoms with E-state index in [1.165, 1.54) is 12.8 Å². The van der Waals surface area contributed by atoms with E-state index in [1.54, 1.807) is 0 Å². The largest absolute Gasteiger partial charge is 0.382 e. The lowest BCUT2D eigenvalue weighted by atomic mass is 10.1. The quantitative estimate of drug-likeness (QED) is 0.568. The molecule has 0 fully saturated rings. The van der Waals surface area contributed by atoms with E-state index in [2.05, 4.69) is 19.2 Å². The van der Waals surface area contributed by atoms with Crippen LogP contribution in [0, 0.1) is 0 Å². The van der Waals surface area contributed by atoms with Crippen LogP contribution in [-0.4, -0.2) is 25.8 Å². The van der Waals surface area contributed by atoms with Crippen molar-refractivity contribution in [3.8, 4) is 0 Å². The molecule has 0 rings (SSSR count). The first kappa shape index (κ1) is 11.9. The first-order valence-electron chi connectivity index (χ1n) is 5.16. The maximum atomic E-state index is 5.31. The van der Waals surface area contributed by atoms with Crippen LogP contribution in [0.15, 0.2) is 0 Å². The van der Waals surface area contributed by atoms with E-state index in [0.29, 0.717) is 6.04 Å². The van der Waals surface area contributed by atoms with E-state index in [-0.39, 0.29) is 0 Å². The molecular formula is C10H23NO. The van der Waals surface area contributed by atoms with Crippen molar-refractivity contribution in [2.45, 2.75) is 46.1 Å². The number of ether oxygens (including phenoxy) is 1. The van der Waals surface area contributed by atoms with Crippen LogP contribution in [-0.2, 0) is 4.74 Å². The summed E-state index contributed by atoms with van der Waals surface area (Å²) in [6.07, 6.45) is 3.56. The molecule has 74 valence electrons. The van der Waals surface area contributed by atoms with E-state index < -0.39 is 0 Å². The van der Waals surface area contributed by atoms with Crippen LogP contribution in [0.2, 0.25) is 0 Å². The molecule has 0 aliphatic heterocycles. The summed E-state index contributed by atoms with van der Waals surface area (Å²) in [5.74, 6) is 0. The fourth-order valence-electron chi connectivity index (χ4n) is 1.17. The summed E-state index contributed by atoms with van der Waals surface area (Å²) < 4.78 is 5.31. The number of nitrogens with one attached hydrogen (secondary N) is 1.